The average Bonchev–Trinajstić information content (AvgIpc) is 2.80. The largest absolute Gasteiger partial charge is 0.383 e. The van der Waals surface area contributed by atoms with Crippen LogP contribution in [-0.4, -0.2) is 31.4 Å². The lowest BCUT2D eigenvalue weighted by atomic mass is 10.2. The molecule has 4 nitrogen and oxygen atoms in total. The van der Waals surface area contributed by atoms with E-state index in [-0.39, 0.29) is 0 Å². The molecule has 0 saturated carbocycles. The van der Waals surface area contributed by atoms with E-state index < -0.39 is 0 Å². The van der Waals surface area contributed by atoms with Crippen LogP contribution >= 0.6 is 0 Å². The molecule has 0 aliphatic heterocycles. The fourth-order valence-corrected chi connectivity index (χ4v) is 2.16. The molecular formula is C15H22N2O2. The van der Waals surface area contributed by atoms with Gasteiger partial charge >= 0.3 is 0 Å². The normalized spacial score (nSPS) is 11.3. The Bertz CT molecular complexity index is 508. The van der Waals surface area contributed by atoms with Crippen LogP contribution in [0.5, 0.6) is 0 Å². The Morgan fingerprint density at radius 2 is 2.11 bits per heavy atom. The molecule has 1 aromatic heterocycles. The van der Waals surface area contributed by atoms with Crippen LogP contribution < -0.4 is 5.32 Å². The summed E-state index contributed by atoms with van der Waals surface area (Å²) >= 11 is 0. The van der Waals surface area contributed by atoms with Crippen molar-refractivity contribution in [2.75, 3.05) is 26.9 Å². The Morgan fingerprint density at radius 3 is 2.89 bits per heavy atom. The molecule has 2 rings (SSSR count). The van der Waals surface area contributed by atoms with Gasteiger partial charge in [-0.2, -0.15) is 0 Å². The molecule has 1 heterocycles. The summed E-state index contributed by atoms with van der Waals surface area (Å²) < 4.78 is 12.7. The maximum atomic E-state index is 5.51. The fourth-order valence-electron chi connectivity index (χ4n) is 2.16. The van der Waals surface area contributed by atoms with Gasteiger partial charge in [0.2, 0.25) is 0 Å². The number of methoxy groups -OCH3 is 1. The molecule has 0 aliphatic rings. The van der Waals surface area contributed by atoms with E-state index >= 15 is 0 Å². The lowest BCUT2D eigenvalue weighted by Gasteiger charge is -2.04. The molecule has 0 bridgehead atoms. The van der Waals surface area contributed by atoms with Gasteiger partial charge < -0.3 is 19.4 Å². The summed E-state index contributed by atoms with van der Waals surface area (Å²) in [5.41, 5.74) is 2.52. The predicted octanol–water partition coefficient (Wildman–Crippen LogP) is 2.37. The number of ether oxygens (including phenoxy) is 2. The van der Waals surface area contributed by atoms with Crippen molar-refractivity contribution < 1.29 is 9.47 Å². The smallest absolute Gasteiger partial charge is 0.122 e. The summed E-state index contributed by atoms with van der Waals surface area (Å²) in [4.78, 5) is 0. The summed E-state index contributed by atoms with van der Waals surface area (Å²) in [7, 11) is 1.72. The van der Waals surface area contributed by atoms with Gasteiger partial charge in [-0.15, -0.1) is 0 Å². The van der Waals surface area contributed by atoms with E-state index in [2.05, 4.69) is 40.3 Å². The third-order valence-corrected chi connectivity index (χ3v) is 3.10. The van der Waals surface area contributed by atoms with Crippen LogP contribution in [0.3, 0.4) is 0 Å². The minimum atomic E-state index is 0.606. The van der Waals surface area contributed by atoms with Crippen molar-refractivity contribution in [1.82, 2.24) is 9.88 Å². The summed E-state index contributed by atoms with van der Waals surface area (Å²) in [6, 6.07) is 8.43. The Kier molecular flexibility index (Phi) is 5.39. The van der Waals surface area contributed by atoms with E-state index in [1.54, 1.807) is 7.11 Å². The molecule has 104 valence electrons. The van der Waals surface area contributed by atoms with Gasteiger partial charge in [-0.1, -0.05) is 18.2 Å². The topological polar surface area (TPSA) is 35.4 Å². The number of nitrogens with one attached hydrogen (secondary N) is 1. The molecule has 2 aromatic rings. The van der Waals surface area contributed by atoms with Crippen LogP contribution in [0.15, 0.2) is 30.5 Å². The van der Waals surface area contributed by atoms with Crippen LogP contribution in [0.1, 0.15) is 12.5 Å². The first kappa shape index (κ1) is 14.1. The van der Waals surface area contributed by atoms with E-state index in [0.717, 1.165) is 26.3 Å². The lowest BCUT2D eigenvalue weighted by molar-refractivity contribution is 0.0908. The van der Waals surface area contributed by atoms with Gasteiger partial charge in [-0.3, -0.25) is 0 Å². The molecule has 0 amide bonds. The van der Waals surface area contributed by atoms with E-state index in [4.69, 9.17) is 9.47 Å². The zero-order chi connectivity index (χ0) is 13.5. The summed E-state index contributed by atoms with van der Waals surface area (Å²) in [6.45, 7) is 5.80. The van der Waals surface area contributed by atoms with Gasteiger partial charge in [0.15, 0.2) is 0 Å². The number of hydrogen-bond donors (Lipinski definition) is 1. The third kappa shape index (κ3) is 3.56. The van der Waals surface area contributed by atoms with Crippen LogP contribution in [-0.2, 0) is 22.7 Å². The van der Waals surface area contributed by atoms with E-state index in [0.29, 0.717) is 6.73 Å². The SMILES string of the molecule is CCOCn1cc(CNCCOC)c2ccccc21. The van der Waals surface area contributed by atoms with Crippen molar-refractivity contribution in [3.8, 4) is 0 Å². The first-order valence-electron chi connectivity index (χ1n) is 6.71. The summed E-state index contributed by atoms with van der Waals surface area (Å²) in [5.74, 6) is 0. The highest BCUT2D eigenvalue weighted by Crippen LogP contribution is 2.21. The number of nitrogens with zero attached hydrogens (tertiary/aromatic N) is 1. The van der Waals surface area contributed by atoms with Crippen molar-refractivity contribution in [3.05, 3.63) is 36.0 Å². The first-order chi connectivity index (χ1) is 9.36. The molecule has 0 spiro atoms. The Labute approximate surface area is 114 Å². The highest BCUT2D eigenvalue weighted by Gasteiger charge is 2.07. The maximum Gasteiger partial charge on any atom is 0.122 e. The Hall–Kier alpha value is -1.36. The molecule has 0 aliphatic carbocycles. The molecule has 4 heteroatoms. The quantitative estimate of drug-likeness (QED) is 0.742. The van der Waals surface area contributed by atoms with Gasteiger partial charge in [0.1, 0.15) is 6.73 Å². The third-order valence-electron chi connectivity index (χ3n) is 3.10. The molecule has 0 saturated heterocycles. The molecule has 19 heavy (non-hydrogen) atoms. The molecular weight excluding hydrogens is 240 g/mol. The van der Waals surface area contributed by atoms with Gasteiger partial charge in [0, 0.05) is 38.4 Å². The number of para-hydroxylation sites is 1. The average molecular weight is 262 g/mol. The van der Waals surface area contributed by atoms with Crippen LogP contribution in [0.4, 0.5) is 0 Å². The molecule has 0 unspecified atom stereocenters. The van der Waals surface area contributed by atoms with Crippen LogP contribution in [0, 0.1) is 0 Å². The molecule has 0 atom stereocenters. The lowest BCUT2D eigenvalue weighted by Crippen LogP contribution is -2.18. The second kappa shape index (κ2) is 7.28. The second-order valence-electron chi connectivity index (χ2n) is 4.43. The monoisotopic (exact) mass is 262 g/mol. The predicted molar refractivity (Wildman–Crippen MR) is 77.1 cm³/mol. The van der Waals surface area contributed by atoms with Crippen molar-refractivity contribution in [1.29, 1.82) is 0 Å². The minimum absolute atomic E-state index is 0.606. The van der Waals surface area contributed by atoms with E-state index in [1.807, 2.05) is 6.92 Å². The van der Waals surface area contributed by atoms with Crippen LogP contribution in [0.2, 0.25) is 0 Å². The van der Waals surface area contributed by atoms with E-state index in [9.17, 15) is 0 Å². The van der Waals surface area contributed by atoms with Crippen molar-refractivity contribution in [3.63, 3.8) is 0 Å². The Morgan fingerprint density at radius 1 is 1.26 bits per heavy atom. The highest BCUT2D eigenvalue weighted by molar-refractivity contribution is 5.83. The number of rotatable bonds is 8. The standard InChI is InChI=1S/C15H22N2O2/c1-3-19-12-17-11-13(10-16-8-9-18-2)14-6-4-5-7-15(14)17/h4-7,11,16H,3,8-10,12H2,1-2H3. The van der Waals surface area contributed by atoms with Gasteiger partial charge in [0.25, 0.3) is 0 Å². The van der Waals surface area contributed by atoms with Crippen molar-refractivity contribution >= 4 is 10.9 Å². The van der Waals surface area contributed by atoms with Crippen molar-refractivity contribution in [2.45, 2.75) is 20.2 Å². The molecule has 0 radical (unpaired) electrons. The number of fused-ring (bicyclic) bond motifs is 1. The van der Waals surface area contributed by atoms with Gasteiger partial charge in [-0.25, -0.2) is 0 Å². The van der Waals surface area contributed by atoms with Gasteiger partial charge in [0.05, 0.1) is 12.1 Å². The molecule has 1 N–H and O–H groups in total. The van der Waals surface area contributed by atoms with Crippen molar-refractivity contribution in [2.24, 2.45) is 0 Å². The highest BCUT2D eigenvalue weighted by atomic mass is 16.5. The number of hydrogen-bond acceptors (Lipinski definition) is 3. The second-order valence-corrected chi connectivity index (χ2v) is 4.43. The fraction of sp³-hybridized carbons (Fsp3) is 0.467. The Balaban J connectivity index is 2.13. The minimum Gasteiger partial charge on any atom is -0.383 e. The van der Waals surface area contributed by atoms with E-state index in [1.165, 1.54) is 16.5 Å². The maximum absolute atomic E-state index is 5.51. The van der Waals surface area contributed by atoms with Gasteiger partial charge in [-0.05, 0) is 18.6 Å². The molecule has 0 fully saturated rings. The van der Waals surface area contributed by atoms with Crippen LogP contribution in [0.25, 0.3) is 10.9 Å². The molecule has 1 aromatic carbocycles. The number of aromatic nitrogens is 1. The summed E-state index contributed by atoms with van der Waals surface area (Å²) in [5, 5.41) is 4.67. The zero-order valence-corrected chi connectivity index (χ0v) is 11.7. The zero-order valence-electron chi connectivity index (χ0n) is 11.7. The summed E-state index contributed by atoms with van der Waals surface area (Å²) in [6.07, 6.45) is 2.17. The first-order valence-corrected chi connectivity index (χ1v) is 6.71. The number of benzene rings is 1.